The molecule has 0 aromatic carbocycles. The van der Waals surface area contributed by atoms with Gasteiger partial charge in [0.15, 0.2) is 0 Å². The lowest BCUT2D eigenvalue weighted by Crippen LogP contribution is -2.16. The van der Waals surface area contributed by atoms with Crippen molar-refractivity contribution in [2.24, 2.45) is 0 Å². The van der Waals surface area contributed by atoms with E-state index in [9.17, 15) is 14.4 Å². The third-order valence-corrected chi connectivity index (χ3v) is 4.68. The molecule has 1 N–H and O–H groups in total. The number of carbonyl (C=O) groups is 3. The average molecular weight is 365 g/mol. The number of nitrogens with zero attached hydrogens (tertiary/aromatic N) is 2. The Morgan fingerprint density at radius 3 is 2.44 bits per heavy atom. The summed E-state index contributed by atoms with van der Waals surface area (Å²) in [5.74, 6) is -1.49. The van der Waals surface area contributed by atoms with Crippen molar-refractivity contribution in [2.75, 3.05) is 19.5 Å². The molecule has 0 aliphatic rings. The minimum absolute atomic E-state index is 0.163. The number of esters is 2. The monoisotopic (exact) mass is 365 g/mol. The van der Waals surface area contributed by atoms with Crippen LogP contribution in [-0.4, -0.2) is 41.8 Å². The zero-order chi connectivity index (χ0) is 18.6. The number of thiophene rings is 1. The van der Waals surface area contributed by atoms with E-state index < -0.39 is 11.9 Å². The molecule has 2 rings (SSSR count). The molecule has 0 atom stereocenters. The molecule has 0 radical (unpaired) electrons. The van der Waals surface area contributed by atoms with Crippen molar-refractivity contribution in [1.82, 2.24) is 9.78 Å². The number of aromatic nitrogens is 2. The maximum Gasteiger partial charge on any atom is 0.348 e. The van der Waals surface area contributed by atoms with Gasteiger partial charge in [0.25, 0.3) is 0 Å². The fraction of sp³-hybridized carbons (Fsp3) is 0.375. The van der Waals surface area contributed by atoms with Gasteiger partial charge in [-0.1, -0.05) is 0 Å². The summed E-state index contributed by atoms with van der Waals surface area (Å²) < 4.78 is 11.1. The highest BCUT2D eigenvalue weighted by Gasteiger charge is 2.26. The molecule has 8 nitrogen and oxygen atoms in total. The van der Waals surface area contributed by atoms with E-state index in [1.165, 1.54) is 14.2 Å². The molecule has 0 saturated heterocycles. The van der Waals surface area contributed by atoms with Crippen LogP contribution < -0.4 is 5.32 Å². The highest BCUT2D eigenvalue weighted by Crippen LogP contribution is 2.34. The molecule has 2 aromatic rings. The van der Waals surface area contributed by atoms with Crippen LogP contribution in [0, 0.1) is 13.8 Å². The summed E-state index contributed by atoms with van der Waals surface area (Å²) in [5.41, 5.74) is 1.59. The van der Waals surface area contributed by atoms with Crippen molar-refractivity contribution in [3.63, 3.8) is 0 Å². The molecule has 2 aromatic heterocycles. The molecule has 0 aliphatic heterocycles. The van der Waals surface area contributed by atoms with E-state index in [-0.39, 0.29) is 27.8 Å². The fourth-order valence-electron chi connectivity index (χ4n) is 2.23. The van der Waals surface area contributed by atoms with Gasteiger partial charge in [-0.25, -0.2) is 9.59 Å². The first kappa shape index (κ1) is 18.7. The van der Waals surface area contributed by atoms with E-state index in [4.69, 9.17) is 9.47 Å². The molecule has 0 saturated carbocycles. The quantitative estimate of drug-likeness (QED) is 0.788. The average Bonchev–Trinajstić information content (AvgIpc) is 3.15. The highest BCUT2D eigenvalue weighted by atomic mass is 32.1. The number of hydrogen-bond acceptors (Lipinski definition) is 7. The lowest BCUT2D eigenvalue weighted by molar-refractivity contribution is -0.116. The number of hydrogen-bond donors (Lipinski definition) is 1. The number of nitrogens with one attached hydrogen (secondary N) is 1. The van der Waals surface area contributed by atoms with Gasteiger partial charge < -0.3 is 14.8 Å². The summed E-state index contributed by atoms with van der Waals surface area (Å²) in [6.45, 7) is 3.92. The van der Waals surface area contributed by atoms with Crippen molar-refractivity contribution in [3.05, 3.63) is 34.0 Å². The highest BCUT2D eigenvalue weighted by molar-refractivity contribution is 7.18. The number of aryl methyl sites for hydroxylation is 2. The number of rotatable bonds is 6. The number of methoxy groups -OCH3 is 2. The first-order chi connectivity index (χ1) is 11.9. The van der Waals surface area contributed by atoms with Crippen LogP contribution in [0.5, 0.6) is 0 Å². The van der Waals surface area contributed by atoms with Crippen LogP contribution in [0.4, 0.5) is 5.00 Å². The molecule has 0 unspecified atom stereocenters. The predicted octanol–water partition coefficient (Wildman–Crippen LogP) is 2.16. The van der Waals surface area contributed by atoms with Gasteiger partial charge in [0.1, 0.15) is 9.88 Å². The van der Waals surface area contributed by atoms with E-state index in [0.717, 1.165) is 16.9 Å². The minimum Gasteiger partial charge on any atom is -0.465 e. The van der Waals surface area contributed by atoms with Gasteiger partial charge in [0, 0.05) is 19.2 Å². The first-order valence-electron chi connectivity index (χ1n) is 7.46. The lowest BCUT2D eigenvalue weighted by Gasteiger charge is -2.06. The Labute approximate surface area is 148 Å². The summed E-state index contributed by atoms with van der Waals surface area (Å²) in [5, 5.41) is 7.05. The van der Waals surface area contributed by atoms with Crippen molar-refractivity contribution < 1.29 is 23.9 Å². The molecular weight excluding hydrogens is 346 g/mol. The van der Waals surface area contributed by atoms with Crippen LogP contribution in [0.1, 0.15) is 37.6 Å². The van der Waals surface area contributed by atoms with Crippen molar-refractivity contribution in [1.29, 1.82) is 0 Å². The molecule has 0 fully saturated rings. The molecule has 2 heterocycles. The SMILES string of the molecule is COC(=O)c1sc(NC(=O)CCn2cc(C)cn2)c(C(=O)OC)c1C. The Morgan fingerprint density at radius 1 is 1.20 bits per heavy atom. The largest absolute Gasteiger partial charge is 0.465 e. The van der Waals surface area contributed by atoms with Crippen molar-refractivity contribution >= 4 is 34.2 Å². The zero-order valence-electron chi connectivity index (χ0n) is 14.4. The maximum absolute atomic E-state index is 12.2. The van der Waals surface area contributed by atoms with Gasteiger partial charge in [-0.2, -0.15) is 5.10 Å². The molecular formula is C16H19N3O5S. The standard InChI is InChI=1S/C16H19N3O5S/c1-9-7-17-19(8-9)6-5-11(20)18-14-12(15(21)23-3)10(2)13(25-14)16(22)24-4/h7-8H,5-6H2,1-4H3,(H,18,20). The third-order valence-electron chi connectivity index (χ3n) is 3.49. The van der Waals surface area contributed by atoms with Crippen LogP contribution in [0.2, 0.25) is 0 Å². The Balaban J connectivity index is 2.17. The van der Waals surface area contributed by atoms with E-state index in [2.05, 4.69) is 10.4 Å². The molecule has 134 valence electrons. The summed E-state index contributed by atoms with van der Waals surface area (Å²) >= 11 is 0.987. The van der Waals surface area contributed by atoms with E-state index in [1.807, 2.05) is 13.1 Å². The van der Waals surface area contributed by atoms with E-state index >= 15 is 0 Å². The summed E-state index contributed by atoms with van der Waals surface area (Å²) in [4.78, 5) is 36.3. The second-order valence-electron chi connectivity index (χ2n) is 5.32. The van der Waals surface area contributed by atoms with Gasteiger partial charge >= 0.3 is 11.9 Å². The molecule has 1 amide bonds. The minimum atomic E-state index is -0.623. The Hall–Kier alpha value is -2.68. The Morgan fingerprint density at radius 2 is 1.88 bits per heavy atom. The molecule has 0 spiro atoms. The van der Waals surface area contributed by atoms with Crippen LogP contribution in [-0.2, 0) is 20.8 Å². The van der Waals surface area contributed by atoms with Crippen LogP contribution >= 0.6 is 11.3 Å². The summed E-state index contributed by atoms with van der Waals surface area (Å²) in [7, 11) is 2.49. The Bertz CT molecular complexity index is 809. The van der Waals surface area contributed by atoms with Gasteiger partial charge in [0.05, 0.1) is 26.0 Å². The van der Waals surface area contributed by atoms with Crippen molar-refractivity contribution in [2.45, 2.75) is 26.8 Å². The zero-order valence-corrected chi connectivity index (χ0v) is 15.2. The number of carbonyl (C=O) groups excluding carboxylic acids is 3. The fourth-order valence-corrected chi connectivity index (χ4v) is 3.36. The first-order valence-corrected chi connectivity index (χ1v) is 8.28. The second kappa shape index (κ2) is 7.93. The third kappa shape index (κ3) is 4.24. The van der Waals surface area contributed by atoms with Crippen LogP contribution in [0.15, 0.2) is 12.4 Å². The number of anilines is 1. The molecule has 9 heteroatoms. The Kier molecular flexibility index (Phi) is 5.92. The van der Waals surface area contributed by atoms with E-state index in [0.29, 0.717) is 12.1 Å². The maximum atomic E-state index is 12.2. The van der Waals surface area contributed by atoms with Crippen molar-refractivity contribution in [3.8, 4) is 0 Å². The lowest BCUT2D eigenvalue weighted by atomic mass is 10.1. The molecule has 25 heavy (non-hydrogen) atoms. The molecule has 0 aliphatic carbocycles. The van der Waals surface area contributed by atoms with E-state index in [1.54, 1.807) is 17.8 Å². The van der Waals surface area contributed by atoms with Gasteiger partial charge in [-0.3, -0.25) is 9.48 Å². The van der Waals surface area contributed by atoms with Gasteiger partial charge in [0.2, 0.25) is 5.91 Å². The smallest absolute Gasteiger partial charge is 0.348 e. The van der Waals surface area contributed by atoms with Crippen LogP contribution in [0.25, 0.3) is 0 Å². The number of ether oxygens (including phenoxy) is 2. The van der Waals surface area contributed by atoms with Gasteiger partial charge in [-0.15, -0.1) is 11.3 Å². The molecule has 0 bridgehead atoms. The normalized spacial score (nSPS) is 10.4. The summed E-state index contributed by atoms with van der Waals surface area (Å²) in [6, 6.07) is 0. The predicted molar refractivity (Wildman–Crippen MR) is 91.9 cm³/mol. The van der Waals surface area contributed by atoms with Crippen LogP contribution in [0.3, 0.4) is 0 Å². The second-order valence-corrected chi connectivity index (χ2v) is 6.34. The van der Waals surface area contributed by atoms with Gasteiger partial charge in [-0.05, 0) is 25.0 Å². The summed E-state index contributed by atoms with van der Waals surface area (Å²) in [6.07, 6.45) is 3.71. The topological polar surface area (TPSA) is 99.5 Å². The number of amides is 1.